The standard InChI is InChI=1S/C18H25NO2/c1-13(2)14-9-6-7-10-15(14)16-11-8-12-19(16)17(20)21-18(3,4)5/h6-7,9-10,16H,1,8,11-12H2,2-5H3. The number of hydrogen-bond acceptors (Lipinski definition) is 2. The van der Waals surface area contributed by atoms with Crippen LogP contribution in [0.3, 0.4) is 0 Å². The highest BCUT2D eigenvalue weighted by molar-refractivity contribution is 5.71. The van der Waals surface area contributed by atoms with Gasteiger partial charge >= 0.3 is 6.09 Å². The van der Waals surface area contributed by atoms with Gasteiger partial charge in [-0.15, -0.1) is 0 Å². The maximum atomic E-state index is 12.4. The number of rotatable bonds is 2. The summed E-state index contributed by atoms with van der Waals surface area (Å²) in [6, 6.07) is 8.29. The second-order valence-corrected chi connectivity index (χ2v) is 6.70. The number of nitrogens with zero attached hydrogens (tertiary/aromatic N) is 1. The highest BCUT2D eigenvalue weighted by Gasteiger charge is 2.34. The van der Waals surface area contributed by atoms with E-state index in [0.29, 0.717) is 0 Å². The number of hydrogen-bond donors (Lipinski definition) is 0. The molecule has 1 aromatic carbocycles. The van der Waals surface area contributed by atoms with Crippen LogP contribution < -0.4 is 0 Å². The van der Waals surface area contributed by atoms with Gasteiger partial charge in [0, 0.05) is 6.54 Å². The molecule has 1 aromatic rings. The summed E-state index contributed by atoms with van der Waals surface area (Å²) in [6.07, 6.45) is 1.76. The van der Waals surface area contributed by atoms with E-state index in [9.17, 15) is 4.79 Å². The molecule has 2 rings (SSSR count). The summed E-state index contributed by atoms with van der Waals surface area (Å²) in [4.78, 5) is 14.3. The maximum absolute atomic E-state index is 12.4. The fourth-order valence-electron chi connectivity index (χ4n) is 2.81. The van der Waals surface area contributed by atoms with Gasteiger partial charge in [0.2, 0.25) is 0 Å². The van der Waals surface area contributed by atoms with Gasteiger partial charge in [0.1, 0.15) is 5.60 Å². The van der Waals surface area contributed by atoms with Crippen LogP contribution in [0.5, 0.6) is 0 Å². The molecule has 0 radical (unpaired) electrons. The van der Waals surface area contributed by atoms with E-state index < -0.39 is 5.60 Å². The average molecular weight is 287 g/mol. The molecule has 0 spiro atoms. The first kappa shape index (κ1) is 15.6. The molecule has 1 atom stereocenters. The van der Waals surface area contributed by atoms with Crippen LogP contribution in [0, 0.1) is 0 Å². The van der Waals surface area contributed by atoms with Crippen molar-refractivity contribution in [1.29, 1.82) is 0 Å². The summed E-state index contributed by atoms with van der Waals surface area (Å²) in [5, 5.41) is 0. The van der Waals surface area contributed by atoms with E-state index >= 15 is 0 Å². The van der Waals surface area contributed by atoms with Gasteiger partial charge in [0.15, 0.2) is 0 Å². The van der Waals surface area contributed by atoms with Gasteiger partial charge in [0.05, 0.1) is 6.04 Å². The number of carbonyl (C=O) groups is 1. The normalized spacial score (nSPS) is 18.7. The lowest BCUT2D eigenvalue weighted by Crippen LogP contribution is -2.36. The molecule has 0 aromatic heterocycles. The van der Waals surface area contributed by atoms with Crippen molar-refractivity contribution in [3.63, 3.8) is 0 Å². The number of allylic oxidation sites excluding steroid dienone is 1. The number of amides is 1. The molecule has 114 valence electrons. The third-order valence-electron chi connectivity index (χ3n) is 3.66. The van der Waals surface area contributed by atoms with Gasteiger partial charge in [-0.3, -0.25) is 0 Å². The molecule has 3 nitrogen and oxygen atoms in total. The minimum absolute atomic E-state index is 0.0905. The van der Waals surface area contributed by atoms with Crippen molar-refractivity contribution < 1.29 is 9.53 Å². The van der Waals surface area contributed by atoms with Gasteiger partial charge < -0.3 is 9.64 Å². The van der Waals surface area contributed by atoms with Crippen molar-refractivity contribution in [2.75, 3.05) is 6.54 Å². The molecule has 0 saturated carbocycles. The van der Waals surface area contributed by atoms with Crippen molar-refractivity contribution >= 4 is 11.7 Å². The van der Waals surface area contributed by atoms with Crippen LogP contribution in [-0.4, -0.2) is 23.1 Å². The Kier molecular flexibility index (Phi) is 4.40. The highest BCUT2D eigenvalue weighted by Crippen LogP contribution is 2.36. The molecule has 0 N–H and O–H groups in total. The first-order chi connectivity index (χ1) is 9.79. The summed E-state index contributed by atoms with van der Waals surface area (Å²) in [5.41, 5.74) is 2.88. The van der Waals surface area contributed by atoms with E-state index in [2.05, 4.69) is 18.7 Å². The van der Waals surface area contributed by atoms with Crippen molar-refractivity contribution in [3.05, 3.63) is 42.0 Å². The van der Waals surface area contributed by atoms with E-state index in [4.69, 9.17) is 4.74 Å². The average Bonchev–Trinajstić information content (AvgIpc) is 2.85. The second-order valence-electron chi connectivity index (χ2n) is 6.70. The minimum Gasteiger partial charge on any atom is -0.444 e. The quantitative estimate of drug-likeness (QED) is 0.782. The molecule has 1 saturated heterocycles. The number of ether oxygens (including phenoxy) is 1. The number of likely N-dealkylation sites (tertiary alicyclic amines) is 1. The van der Waals surface area contributed by atoms with Crippen LogP contribution in [0.1, 0.15) is 57.7 Å². The molecule has 1 aliphatic rings. The molecule has 1 heterocycles. The van der Waals surface area contributed by atoms with Gasteiger partial charge in [-0.2, -0.15) is 0 Å². The number of benzene rings is 1. The lowest BCUT2D eigenvalue weighted by Gasteiger charge is -2.29. The Hall–Kier alpha value is -1.77. The number of carbonyl (C=O) groups excluding carboxylic acids is 1. The Morgan fingerprint density at radius 2 is 2.00 bits per heavy atom. The first-order valence-electron chi connectivity index (χ1n) is 7.54. The van der Waals surface area contributed by atoms with Gasteiger partial charge in [0.25, 0.3) is 0 Å². The predicted molar refractivity (Wildman–Crippen MR) is 86.1 cm³/mol. The van der Waals surface area contributed by atoms with Crippen molar-refractivity contribution in [1.82, 2.24) is 4.90 Å². The second kappa shape index (κ2) is 5.92. The summed E-state index contributed by atoms with van der Waals surface area (Å²) in [7, 11) is 0. The molecule has 0 aliphatic carbocycles. The molecule has 3 heteroatoms. The molecular formula is C18H25NO2. The van der Waals surface area contributed by atoms with Crippen LogP contribution in [0.2, 0.25) is 0 Å². The third-order valence-corrected chi connectivity index (χ3v) is 3.66. The molecule has 1 unspecified atom stereocenters. The zero-order valence-corrected chi connectivity index (χ0v) is 13.5. The summed E-state index contributed by atoms with van der Waals surface area (Å²) < 4.78 is 5.54. The van der Waals surface area contributed by atoms with Crippen molar-refractivity contribution in [3.8, 4) is 0 Å². The zero-order valence-electron chi connectivity index (χ0n) is 13.5. The Morgan fingerprint density at radius 1 is 1.33 bits per heavy atom. The van der Waals surface area contributed by atoms with E-state index in [-0.39, 0.29) is 12.1 Å². The van der Waals surface area contributed by atoms with Crippen LogP contribution in [0.4, 0.5) is 4.79 Å². The van der Waals surface area contributed by atoms with Crippen LogP contribution >= 0.6 is 0 Å². The SMILES string of the molecule is C=C(C)c1ccccc1C1CCCN1C(=O)OC(C)(C)C. The molecular weight excluding hydrogens is 262 g/mol. The lowest BCUT2D eigenvalue weighted by molar-refractivity contribution is 0.0224. The fraction of sp³-hybridized carbons (Fsp3) is 0.500. The monoisotopic (exact) mass is 287 g/mol. The first-order valence-corrected chi connectivity index (χ1v) is 7.54. The Bertz CT molecular complexity index is 542. The van der Waals surface area contributed by atoms with Crippen LogP contribution in [0.25, 0.3) is 5.57 Å². The van der Waals surface area contributed by atoms with Gasteiger partial charge in [-0.05, 0) is 51.7 Å². The smallest absolute Gasteiger partial charge is 0.410 e. The van der Waals surface area contributed by atoms with E-state index in [1.54, 1.807) is 0 Å². The highest BCUT2D eigenvalue weighted by atomic mass is 16.6. The summed E-state index contributed by atoms with van der Waals surface area (Å²) >= 11 is 0. The molecule has 1 amide bonds. The Morgan fingerprint density at radius 3 is 2.62 bits per heavy atom. The summed E-state index contributed by atoms with van der Waals surface area (Å²) in [6.45, 7) is 12.5. The maximum Gasteiger partial charge on any atom is 0.410 e. The van der Waals surface area contributed by atoms with Crippen LogP contribution in [-0.2, 0) is 4.74 Å². The largest absolute Gasteiger partial charge is 0.444 e. The topological polar surface area (TPSA) is 29.5 Å². The Labute approximate surface area is 127 Å². The van der Waals surface area contributed by atoms with E-state index in [0.717, 1.165) is 30.5 Å². The zero-order chi connectivity index (χ0) is 15.6. The molecule has 1 aliphatic heterocycles. The predicted octanol–water partition coefficient (Wildman–Crippen LogP) is 4.79. The molecule has 1 fully saturated rings. The van der Waals surface area contributed by atoms with Crippen LogP contribution in [0.15, 0.2) is 30.8 Å². The Balaban J connectivity index is 2.27. The van der Waals surface area contributed by atoms with Crippen molar-refractivity contribution in [2.45, 2.75) is 52.2 Å². The molecule has 0 bridgehead atoms. The van der Waals surface area contributed by atoms with Gasteiger partial charge in [-0.1, -0.05) is 36.4 Å². The molecule has 21 heavy (non-hydrogen) atoms. The van der Waals surface area contributed by atoms with Crippen molar-refractivity contribution in [2.24, 2.45) is 0 Å². The minimum atomic E-state index is -0.460. The summed E-state index contributed by atoms with van der Waals surface area (Å²) in [5.74, 6) is 0. The van der Waals surface area contributed by atoms with E-state index in [1.165, 1.54) is 5.56 Å². The third kappa shape index (κ3) is 3.66. The fourth-order valence-corrected chi connectivity index (χ4v) is 2.81. The lowest BCUT2D eigenvalue weighted by atomic mass is 9.95. The van der Waals surface area contributed by atoms with E-state index in [1.807, 2.05) is 44.7 Å². The van der Waals surface area contributed by atoms with Gasteiger partial charge in [-0.25, -0.2) is 4.79 Å².